The standard InChI is InChI=1S/C25H19N7O2/c1-32-14-17(12-30-32)15-5-7-19-20(10-15)22-23(16(6-8-21(26)33)11-29-25(22)34)31-24(19)28-13-18-4-2-3-9-27-18/h2-5,7,9-12,14H,13H2,1H3,(H2,26,33)(H,28,31)(H,29,34). The smallest absolute Gasteiger partial charge is 0.293 e. The predicted octanol–water partition coefficient (Wildman–Crippen LogP) is 2.32. The number of pyridine rings is 3. The molecule has 4 N–H and O–H groups in total. The number of H-pyrrole nitrogens is 1. The molecule has 0 radical (unpaired) electrons. The third-order valence-electron chi connectivity index (χ3n) is 5.36. The summed E-state index contributed by atoms with van der Waals surface area (Å²) >= 11 is 0. The molecule has 9 nitrogen and oxygen atoms in total. The highest BCUT2D eigenvalue weighted by Gasteiger charge is 2.15. The zero-order chi connectivity index (χ0) is 23.7. The molecule has 0 saturated carbocycles. The first-order chi connectivity index (χ1) is 16.5. The number of carbonyl (C=O) groups is 1. The number of hydrogen-bond donors (Lipinski definition) is 3. The average molecular weight is 449 g/mol. The van der Waals surface area contributed by atoms with Gasteiger partial charge in [0.2, 0.25) is 0 Å². The molecule has 5 rings (SSSR count). The maximum Gasteiger partial charge on any atom is 0.293 e. The number of primary amides is 1. The van der Waals surface area contributed by atoms with Gasteiger partial charge in [0.25, 0.3) is 11.5 Å². The van der Waals surface area contributed by atoms with E-state index in [1.165, 1.54) is 6.20 Å². The van der Waals surface area contributed by atoms with Gasteiger partial charge in [-0.2, -0.15) is 5.10 Å². The maximum atomic E-state index is 12.9. The van der Waals surface area contributed by atoms with Crippen molar-refractivity contribution in [3.05, 3.63) is 82.8 Å². The lowest BCUT2D eigenvalue weighted by atomic mass is 10.00. The van der Waals surface area contributed by atoms with Gasteiger partial charge in [-0.05, 0) is 23.8 Å². The van der Waals surface area contributed by atoms with Crippen LogP contribution in [0.1, 0.15) is 11.3 Å². The van der Waals surface area contributed by atoms with Crippen molar-refractivity contribution in [3.8, 4) is 23.0 Å². The molecule has 34 heavy (non-hydrogen) atoms. The number of aromatic amines is 1. The molecule has 0 atom stereocenters. The molecule has 0 aliphatic heterocycles. The Kier molecular flexibility index (Phi) is 5.24. The summed E-state index contributed by atoms with van der Waals surface area (Å²) in [5, 5.41) is 9.41. The van der Waals surface area contributed by atoms with Crippen LogP contribution in [0, 0.1) is 11.8 Å². The van der Waals surface area contributed by atoms with Crippen molar-refractivity contribution in [2.45, 2.75) is 6.54 Å². The van der Waals surface area contributed by atoms with E-state index in [1.807, 2.05) is 49.6 Å². The monoisotopic (exact) mass is 449 g/mol. The Balaban J connectivity index is 1.77. The first kappa shape index (κ1) is 20.9. The fourth-order valence-electron chi connectivity index (χ4n) is 3.80. The van der Waals surface area contributed by atoms with E-state index in [0.29, 0.717) is 34.2 Å². The normalized spacial score (nSPS) is 10.7. The highest BCUT2D eigenvalue weighted by Crippen LogP contribution is 2.32. The molecule has 0 saturated heterocycles. The van der Waals surface area contributed by atoms with Crippen molar-refractivity contribution in [3.63, 3.8) is 0 Å². The molecule has 4 heterocycles. The molecule has 4 aromatic heterocycles. The molecule has 0 fully saturated rings. The summed E-state index contributed by atoms with van der Waals surface area (Å²) in [6.45, 7) is 0.435. The Morgan fingerprint density at radius 2 is 2.09 bits per heavy atom. The van der Waals surface area contributed by atoms with E-state index in [0.717, 1.165) is 22.2 Å². The van der Waals surface area contributed by atoms with Crippen LogP contribution in [0.5, 0.6) is 0 Å². The third-order valence-corrected chi connectivity index (χ3v) is 5.36. The van der Waals surface area contributed by atoms with Gasteiger partial charge >= 0.3 is 0 Å². The summed E-state index contributed by atoms with van der Waals surface area (Å²) in [7, 11) is 1.85. The molecular weight excluding hydrogens is 430 g/mol. The van der Waals surface area contributed by atoms with E-state index in [9.17, 15) is 9.59 Å². The van der Waals surface area contributed by atoms with Gasteiger partial charge in [-0.15, -0.1) is 0 Å². The summed E-state index contributed by atoms with van der Waals surface area (Å²) < 4.78 is 1.72. The van der Waals surface area contributed by atoms with Gasteiger partial charge in [-0.1, -0.05) is 24.1 Å². The number of amides is 1. The van der Waals surface area contributed by atoms with Gasteiger partial charge in [0.05, 0.1) is 34.9 Å². The first-order valence-electron chi connectivity index (χ1n) is 10.4. The number of nitrogens with one attached hydrogen (secondary N) is 2. The molecule has 1 amide bonds. The first-order valence-corrected chi connectivity index (χ1v) is 10.4. The molecule has 0 spiro atoms. The average Bonchev–Trinajstić information content (AvgIpc) is 3.28. The minimum Gasteiger partial charge on any atom is -0.364 e. The molecule has 9 heteroatoms. The van der Waals surface area contributed by atoms with Crippen LogP contribution in [0.4, 0.5) is 5.82 Å². The molecule has 0 bridgehead atoms. The van der Waals surface area contributed by atoms with Gasteiger partial charge in [0.15, 0.2) is 0 Å². The number of benzene rings is 1. The highest BCUT2D eigenvalue weighted by molar-refractivity contribution is 6.12. The fourth-order valence-corrected chi connectivity index (χ4v) is 3.80. The summed E-state index contributed by atoms with van der Waals surface area (Å²) in [4.78, 5) is 36.0. The molecule has 0 aliphatic rings. The quantitative estimate of drug-likeness (QED) is 0.285. The summed E-state index contributed by atoms with van der Waals surface area (Å²) in [5.41, 5.74) is 8.31. The third kappa shape index (κ3) is 3.96. The topological polar surface area (TPSA) is 132 Å². The van der Waals surface area contributed by atoms with E-state index in [-0.39, 0.29) is 5.56 Å². The van der Waals surface area contributed by atoms with Crippen molar-refractivity contribution in [2.24, 2.45) is 12.8 Å². The largest absolute Gasteiger partial charge is 0.364 e. The van der Waals surface area contributed by atoms with E-state index >= 15 is 0 Å². The van der Waals surface area contributed by atoms with E-state index < -0.39 is 5.91 Å². The zero-order valence-electron chi connectivity index (χ0n) is 18.2. The van der Waals surface area contributed by atoms with Gasteiger partial charge < -0.3 is 16.0 Å². The lowest BCUT2D eigenvalue weighted by molar-refractivity contribution is -0.112. The molecular formula is C25H19N7O2. The highest BCUT2D eigenvalue weighted by atomic mass is 16.1. The summed E-state index contributed by atoms with van der Waals surface area (Å²) in [5.74, 6) is 4.84. The van der Waals surface area contributed by atoms with Crippen LogP contribution in [0.3, 0.4) is 0 Å². The van der Waals surface area contributed by atoms with Crippen molar-refractivity contribution >= 4 is 33.4 Å². The van der Waals surface area contributed by atoms with Crippen LogP contribution in [0.25, 0.3) is 32.8 Å². The van der Waals surface area contributed by atoms with Gasteiger partial charge in [0, 0.05) is 47.9 Å². The van der Waals surface area contributed by atoms with Crippen LogP contribution >= 0.6 is 0 Å². The lowest BCUT2D eigenvalue weighted by Gasteiger charge is -2.13. The van der Waals surface area contributed by atoms with Crippen molar-refractivity contribution in [1.29, 1.82) is 0 Å². The SMILES string of the molecule is Cn1cc(-c2ccc3c(NCc4ccccn4)nc4c(C#CC(N)=O)c[nH]c(=O)c4c3c2)cn1. The van der Waals surface area contributed by atoms with Gasteiger partial charge in [0.1, 0.15) is 5.82 Å². The number of hydrogen-bond acceptors (Lipinski definition) is 6. The number of aromatic nitrogens is 5. The van der Waals surface area contributed by atoms with E-state index in [4.69, 9.17) is 10.7 Å². The minimum absolute atomic E-state index is 0.309. The maximum absolute atomic E-state index is 12.9. The number of nitrogens with two attached hydrogens (primary N) is 1. The number of rotatable bonds is 4. The second-order valence-corrected chi connectivity index (χ2v) is 7.67. The van der Waals surface area contributed by atoms with Crippen LogP contribution in [0.15, 0.2) is 66.0 Å². The van der Waals surface area contributed by atoms with Crippen molar-refractivity contribution < 1.29 is 4.79 Å². The zero-order valence-corrected chi connectivity index (χ0v) is 18.2. The van der Waals surface area contributed by atoms with Crippen LogP contribution in [0.2, 0.25) is 0 Å². The summed E-state index contributed by atoms with van der Waals surface area (Å²) in [6.07, 6.45) is 6.82. The molecule has 166 valence electrons. The van der Waals surface area contributed by atoms with Gasteiger partial charge in [-0.25, -0.2) is 4.98 Å². The Hall–Kier alpha value is -4.97. The Bertz CT molecular complexity index is 1670. The molecule has 0 unspecified atom stereocenters. The Labute approximate surface area is 193 Å². The van der Waals surface area contributed by atoms with Crippen LogP contribution in [-0.4, -0.2) is 30.6 Å². The molecule has 0 aliphatic carbocycles. The predicted molar refractivity (Wildman–Crippen MR) is 130 cm³/mol. The minimum atomic E-state index is -0.771. The molecule has 1 aromatic carbocycles. The van der Waals surface area contributed by atoms with Crippen molar-refractivity contribution in [1.82, 2.24) is 24.7 Å². The second kappa shape index (κ2) is 8.52. The van der Waals surface area contributed by atoms with Gasteiger partial charge in [-0.3, -0.25) is 19.3 Å². The summed E-state index contributed by atoms with van der Waals surface area (Å²) in [6, 6.07) is 11.5. The van der Waals surface area contributed by atoms with E-state index in [2.05, 4.69) is 32.2 Å². The number of aryl methyl sites for hydroxylation is 1. The molecule has 5 aromatic rings. The fraction of sp³-hybridized carbons (Fsp3) is 0.0800. The number of carbonyl (C=O) groups excluding carboxylic acids is 1. The lowest BCUT2D eigenvalue weighted by Crippen LogP contribution is -2.11. The Morgan fingerprint density at radius 1 is 1.21 bits per heavy atom. The van der Waals surface area contributed by atoms with Crippen LogP contribution in [-0.2, 0) is 18.4 Å². The van der Waals surface area contributed by atoms with Crippen molar-refractivity contribution in [2.75, 3.05) is 5.32 Å². The van der Waals surface area contributed by atoms with Crippen LogP contribution < -0.4 is 16.6 Å². The Morgan fingerprint density at radius 3 is 2.82 bits per heavy atom. The number of nitrogens with zero attached hydrogens (tertiary/aromatic N) is 4. The van der Waals surface area contributed by atoms with E-state index in [1.54, 1.807) is 17.1 Å². The number of anilines is 1. The number of fused-ring (bicyclic) bond motifs is 3. The second-order valence-electron chi connectivity index (χ2n) is 7.67.